The highest BCUT2D eigenvalue weighted by molar-refractivity contribution is 5.34. The van der Waals surface area contributed by atoms with Crippen LogP contribution in [0.25, 0.3) is 0 Å². The van der Waals surface area contributed by atoms with E-state index in [4.69, 9.17) is 0 Å². The van der Waals surface area contributed by atoms with Crippen LogP contribution in [0.3, 0.4) is 0 Å². The SMILES string of the molecule is C[C@@]1(CO)[C@H](O)CC[C@]2(C)C3=CC[C@]4(O)C[C@@](O)(CO)CC[C@@]3(CC[C@@H]12)C4. The molecule has 0 aliphatic heterocycles. The first-order valence-corrected chi connectivity index (χ1v) is 10.6. The smallest absolute Gasteiger partial charge is 0.0905 e. The molecule has 0 radical (unpaired) electrons. The Labute approximate surface area is 162 Å². The zero-order chi connectivity index (χ0) is 19.7. The molecular weight excluding hydrogens is 344 g/mol. The van der Waals surface area contributed by atoms with Crippen LogP contribution in [0.15, 0.2) is 11.6 Å². The van der Waals surface area contributed by atoms with E-state index in [0.717, 1.165) is 25.7 Å². The van der Waals surface area contributed by atoms with Crippen molar-refractivity contribution in [1.82, 2.24) is 0 Å². The van der Waals surface area contributed by atoms with Crippen LogP contribution in [-0.4, -0.2) is 56.1 Å². The lowest BCUT2D eigenvalue weighted by molar-refractivity contribution is -0.146. The van der Waals surface area contributed by atoms with Crippen molar-refractivity contribution in [2.45, 2.75) is 88.9 Å². The van der Waals surface area contributed by atoms with E-state index in [9.17, 15) is 25.5 Å². The van der Waals surface area contributed by atoms with Crippen LogP contribution in [0, 0.1) is 22.2 Å². The topological polar surface area (TPSA) is 101 Å². The van der Waals surface area contributed by atoms with E-state index in [2.05, 4.69) is 13.0 Å². The maximum absolute atomic E-state index is 11.3. The van der Waals surface area contributed by atoms with Crippen molar-refractivity contribution < 1.29 is 25.5 Å². The summed E-state index contributed by atoms with van der Waals surface area (Å²) in [5.74, 6) is 0.210. The monoisotopic (exact) mass is 380 g/mol. The molecule has 5 heteroatoms. The van der Waals surface area contributed by atoms with Crippen molar-refractivity contribution in [2.75, 3.05) is 13.2 Å². The Bertz CT molecular complexity index is 649. The molecule has 3 saturated carbocycles. The number of hydrogen-bond acceptors (Lipinski definition) is 5. The minimum Gasteiger partial charge on any atom is -0.396 e. The fourth-order valence-corrected chi connectivity index (χ4v) is 7.67. The van der Waals surface area contributed by atoms with Crippen molar-refractivity contribution in [3.63, 3.8) is 0 Å². The third-order valence-electron chi connectivity index (χ3n) is 9.08. The molecule has 154 valence electrons. The Morgan fingerprint density at radius 3 is 2.37 bits per heavy atom. The highest BCUT2D eigenvalue weighted by atomic mass is 16.3. The predicted molar refractivity (Wildman–Crippen MR) is 102 cm³/mol. The first-order chi connectivity index (χ1) is 12.5. The second kappa shape index (κ2) is 6.02. The Kier molecular flexibility index (Phi) is 4.42. The molecule has 0 aromatic heterocycles. The number of allylic oxidation sites excluding steroid dienone is 1. The van der Waals surface area contributed by atoms with Gasteiger partial charge >= 0.3 is 0 Å². The molecule has 5 nitrogen and oxygen atoms in total. The van der Waals surface area contributed by atoms with Gasteiger partial charge in [0.2, 0.25) is 0 Å². The van der Waals surface area contributed by atoms with Gasteiger partial charge in [0.1, 0.15) is 0 Å². The highest BCUT2D eigenvalue weighted by Gasteiger charge is 2.63. The number of rotatable bonds is 2. The molecule has 5 N–H and O–H groups in total. The third kappa shape index (κ3) is 2.69. The molecular formula is C22H36O5. The lowest BCUT2D eigenvalue weighted by atomic mass is 9.42. The van der Waals surface area contributed by atoms with E-state index in [-0.39, 0.29) is 36.4 Å². The molecule has 0 aromatic rings. The molecule has 1 spiro atoms. The van der Waals surface area contributed by atoms with E-state index in [0.29, 0.717) is 25.7 Å². The molecule has 4 aliphatic carbocycles. The molecule has 7 atom stereocenters. The maximum Gasteiger partial charge on any atom is 0.0905 e. The van der Waals surface area contributed by atoms with Crippen LogP contribution < -0.4 is 0 Å². The van der Waals surface area contributed by atoms with Gasteiger partial charge in [0.25, 0.3) is 0 Å². The second-order valence-electron chi connectivity index (χ2n) is 10.8. The quantitative estimate of drug-likeness (QED) is 0.471. The van der Waals surface area contributed by atoms with Gasteiger partial charge < -0.3 is 25.5 Å². The van der Waals surface area contributed by atoms with Crippen molar-refractivity contribution in [3.8, 4) is 0 Å². The Morgan fingerprint density at radius 1 is 0.963 bits per heavy atom. The van der Waals surface area contributed by atoms with E-state index in [1.807, 2.05) is 6.92 Å². The summed E-state index contributed by atoms with van der Waals surface area (Å²) in [6.07, 6.45) is 7.80. The lowest BCUT2D eigenvalue weighted by Gasteiger charge is -2.63. The van der Waals surface area contributed by atoms with Gasteiger partial charge in [0.05, 0.1) is 30.5 Å². The average Bonchev–Trinajstić information content (AvgIpc) is 2.70. The van der Waals surface area contributed by atoms with E-state index in [1.54, 1.807) is 0 Å². The standard InChI is InChI=1S/C22H36O5/c1-18-6-5-17(25)19(2,13-23)15(18)3-7-20-9-10-22(27,14-24)12-21(26,11-20)8-4-16(18)20/h4,15,17,23-27H,3,5-14H2,1-2H3/t15-,17-,18+,19+,20+,21-,22-/m1/s1. The Hall–Kier alpha value is -0.460. The van der Waals surface area contributed by atoms with E-state index < -0.39 is 22.7 Å². The predicted octanol–water partition coefficient (Wildman–Crippen LogP) is 1.90. The molecule has 0 unspecified atom stereocenters. The van der Waals surface area contributed by atoms with Crippen LogP contribution in [0.1, 0.15) is 71.6 Å². The zero-order valence-electron chi connectivity index (χ0n) is 16.7. The molecule has 3 fully saturated rings. The number of aliphatic hydroxyl groups is 5. The largest absolute Gasteiger partial charge is 0.396 e. The maximum atomic E-state index is 11.3. The first-order valence-electron chi connectivity index (χ1n) is 10.6. The molecule has 27 heavy (non-hydrogen) atoms. The number of aliphatic hydroxyl groups excluding tert-OH is 3. The summed E-state index contributed by atoms with van der Waals surface area (Å²) in [6, 6.07) is 0. The van der Waals surface area contributed by atoms with Crippen LogP contribution in [0.2, 0.25) is 0 Å². The number of hydrogen-bond donors (Lipinski definition) is 5. The third-order valence-corrected chi connectivity index (χ3v) is 9.08. The van der Waals surface area contributed by atoms with Crippen molar-refractivity contribution in [2.24, 2.45) is 22.2 Å². The molecule has 2 bridgehead atoms. The Morgan fingerprint density at radius 2 is 1.70 bits per heavy atom. The molecule has 4 rings (SSSR count). The van der Waals surface area contributed by atoms with Gasteiger partial charge in [-0.05, 0) is 68.1 Å². The van der Waals surface area contributed by atoms with Crippen LogP contribution >= 0.6 is 0 Å². The van der Waals surface area contributed by atoms with Crippen LogP contribution in [-0.2, 0) is 0 Å². The van der Waals surface area contributed by atoms with Crippen LogP contribution in [0.4, 0.5) is 0 Å². The van der Waals surface area contributed by atoms with Gasteiger partial charge in [-0.1, -0.05) is 25.5 Å². The highest BCUT2D eigenvalue weighted by Crippen LogP contribution is 2.69. The second-order valence-corrected chi connectivity index (χ2v) is 10.8. The van der Waals surface area contributed by atoms with Crippen LogP contribution in [0.5, 0.6) is 0 Å². The van der Waals surface area contributed by atoms with Gasteiger partial charge in [0, 0.05) is 11.8 Å². The van der Waals surface area contributed by atoms with Gasteiger partial charge in [-0.15, -0.1) is 0 Å². The van der Waals surface area contributed by atoms with Gasteiger partial charge in [-0.25, -0.2) is 0 Å². The summed E-state index contributed by atoms with van der Waals surface area (Å²) in [5.41, 5.74) is -1.53. The van der Waals surface area contributed by atoms with Gasteiger partial charge in [-0.3, -0.25) is 0 Å². The fourth-order valence-electron chi connectivity index (χ4n) is 7.67. The minimum atomic E-state index is -1.21. The summed E-state index contributed by atoms with van der Waals surface area (Å²) in [5, 5.41) is 52.6. The van der Waals surface area contributed by atoms with Crippen molar-refractivity contribution in [1.29, 1.82) is 0 Å². The summed E-state index contributed by atoms with van der Waals surface area (Å²) in [4.78, 5) is 0. The molecule has 0 amide bonds. The summed E-state index contributed by atoms with van der Waals surface area (Å²) in [6.45, 7) is 3.99. The van der Waals surface area contributed by atoms with Crippen molar-refractivity contribution >= 4 is 0 Å². The lowest BCUT2D eigenvalue weighted by Crippen LogP contribution is -2.59. The van der Waals surface area contributed by atoms with E-state index >= 15 is 0 Å². The molecule has 0 aromatic carbocycles. The first kappa shape index (κ1) is 19.8. The summed E-state index contributed by atoms with van der Waals surface area (Å²) < 4.78 is 0. The summed E-state index contributed by atoms with van der Waals surface area (Å²) >= 11 is 0. The molecule has 4 aliphatic rings. The average molecular weight is 381 g/mol. The van der Waals surface area contributed by atoms with Gasteiger partial charge in [-0.2, -0.15) is 0 Å². The molecule has 0 heterocycles. The Balaban J connectivity index is 1.76. The fraction of sp³-hybridized carbons (Fsp3) is 0.909. The minimum absolute atomic E-state index is 0.0110. The number of fused-ring (bicyclic) bond motifs is 3. The zero-order valence-corrected chi connectivity index (χ0v) is 16.7. The van der Waals surface area contributed by atoms with E-state index in [1.165, 1.54) is 5.57 Å². The van der Waals surface area contributed by atoms with Gasteiger partial charge in [0.15, 0.2) is 0 Å². The summed E-state index contributed by atoms with van der Waals surface area (Å²) in [7, 11) is 0. The van der Waals surface area contributed by atoms with Crippen molar-refractivity contribution in [3.05, 3.63) is 11.6 Å². The molecule has 0 saturated heterocycles. The normalized spacial score (nSPS) is 55.1.